The molecule has 5 heteroatoms. The largest absolute Gasteiger partial charge is 0.323 e. The molecule has 0 unspecified atom stereocenters. The lowest BCUT2D eigenvalue weighted by Gasteiger charge is -2.09. The minimum absolute atomic E-state index is 0.0392. The zero-order valence-corrected chi connectivity index (χ0v) is 14.7. The number of benzene rings is 1. The van der Waals surface area contributed by atoms with E-state index in [1.807, 2.05) is 42.8 Å². The molecule has 0 spiro atoms. The van der Waals surface area contributed by atoms with E-state index in [1.54, 1.807) is 0 Å². The maximum atomic E-state index is 12.5. The van der Waals surface area contributed by atoms with E-state index in [4.69, 9.17) is 11.6 Å². The standard InChI is InChI=1S/C18H22ClN3O/c1-10(2)22-12(4)17(11(3)21-22)20-18(23)16-9-15(16)13-5-7-14(19)8-6-13/h5-8,10,15-16H,9H2,1-4H3,(H,20,23)/t15-,16-/m0/s1. The SMILES string of the molecule is Cc1nn(C(C)C)c(C)c1NC(=O)[C@H]1C[C@H]1c1ccc(Cl)cc1. The molecule has 1 fully saturated rings. The summed E-state index contributed by atoms with van der Waals surface area (Å²) in [6, 6.07) is 8.05. The molecule has 1 aromatic heterocycles. The summed E-state index contributed by atoms with van der Waals surface area (Å²) in [5.41, 5.74) is 3.91. The van der Waals surface area contributed by atoms with Gasteiger partial charge in [-0.2, -0.15) is 5.10 Å². The topological polar surface area (TPSA) is 46.9 Å². The van der Waals surface area contributed by atoms with E-state index in [0.29, 0.717) is 5.92 Å². The second-order valence-corrected chi connectivity index (χ2v) is 7.01. The van der Waals surface area contributed by atoms with Crippen molar-refractivity contribution in [3.8, 4) is 0 Å². The van der Waals surface area contributed by atoms with Gasteiger partial charge in [0, 0.05) is 17.0 Å². The summed E-state index contributed by atoms with van der Waals surface area (Å²) in [4.78, 5) is 12.5. The van der Waals surface area contributed by atoms with Crippen LogP contribution in [0.15, 0.2) is 24.3 Å². The van der Waals surface area contributed by atoms with Gasteiger partial charge in [0.1, 0.15) is 0 Å². The van der Waals surface area contributed by atoms with E-state index in [2.05, 4.69) is 24.3 Å². The number of nitrogens with one attached hydrogen (secondary N) is 1. The van der Waals surface area contributed by atoms with E-state index < -0.39 is 0 Å². The first kappa shape index (κ1) is 16.1. The summed E-state index contributed by atoms with van der Waals surface area (Å²) in [7, 11) is 0. The first-order valence-corrected chi connectivity index (χ1v) is 8.38. The average molecular weight is 332 g/mol. The fourth-order valence-electron chi connectivity index (χ4n) is 3.13. The molecule has 0 bridgehead atoms. The Balaban J connectivity index is 1.71. The number of rotatable bonds is 4. The first-order chi connectivity index (χ1) is 10.9. The van der Waals surface area contributed by atoms with Crippen molar-refractivity contribution in [2.24, 2.45) is 5.92 Å². The second kappa shape index (κ2) is 6.00. The smallest absolute Gasteiger partial charge is 0.228 e. The highest BCUT2D eigenvalue weighted by Gasteiger charge is 2.44. The molecule has 1 heterocycles. The van der Waals surface area contributed by atoms with Crippen molar-refractivity contribution in [3.05, 3.63) is 46.2 Å². The van der Waals surface area contributed by atoms with E-state index >= 15 is 0 Å². The third-order valence-corrected chi connectivity index (χ3v) is 4.74. The van der Waals surface area contributed by atoms with Crippen LogP contribution in [0.1, 0.15) is 49.2 Å². The Kier molecular flexibility index (Phi) is 4.19. The molecule has 1 aliphatic rings. The van der Waals surface area contributed by atoms with E-state index in [9.17, 15) is 4.79 Å². The predicted molar refractivity (Wildman–Crippen MR) is 93.0 cm³/mol. The Morgan fingerprint density at radius 3 is 2.52 bits per heavy atom. The van der Waals surface area contributed by atoms with Crippen LogP contribution in [0.5, 0.6) is 0 Å². The van der Waals surface area contributed by atoms with E-state index in [-0.39, 0.29) is 17.9 Å². The number of aromatic nitrogens is 2. The zero-order valence-electron chi connectivity index (χ0n) is 13.9. The highest BCUT2D eigenvalue weighted by Crippen LogP contribution is 2.48. The van der Waals surface area contributed by atoms with Gasteiger partial charge in [-0.25, -0.2) is 0 Å². The maximum absolute atomic E-state index is 12.5. The van der Waals surface area contributed by atoms with Crippen LogP contribution in [0.25, 0.3) is 0 Å². The molecule has 1 aromatic carbocycles. The van der Waals surface area contributed by atoms with Gasteiger partial charge in [0.15, 0.2) is 0 Å². The normalized spacial score (nSPS) is 19.9. The fourth-order valence-corrected chi connectivity index (χ4v) is 3.25. The molecular formula is C18H22ClN3O. The van der Waals surface area contributed by atoms with Crippen LogP contribution in [0.4, 0.5) is 5.69 Å². The van der Waals surface area contributed by atoms with Crippen LogP contribution in [0.2, 0.25) is 5.02 Å². The van der Waals surface area contributed by atoms with Crippen LogP contribution < -0.4 is 5.32 Å². The van der Waals surface area contributed by atoms with Gasteiger partial charge in [0.2, 0.25) is 5.91 Å². The number of aryl methyl sites for hydroxylation is 1. The molecule has 1 saturated carbocycles. The lowest BCUT2D eigenvalue weighted by molar-refractivity contribution is -0.117. The lowest BCUT2D eigenvalue weighted by atomic mass is 10.1. The van der Waals surface area contributed by atoms with Gasteiger partial charge in [-0.3, -0.25) is 9.48 Å². The zero-order chi connectivity index (χ0) is 16.7. The average Bonchev–Trinajstić information content (AvgIpc) is 3.25. The number of carbonyl (C=O) groups is 1. The van der Waals surface area contributed by atoms with Gasteiger partial charge in [-0.05, 0) is 57.7 Å². The number of carbonyl (C=O) groups excluding carboxylic acids is 1. The molecule has 0 radical (unpaired) electrons. The van der Waals surface area contributed by atoms with Crippen molar-refractivity contribution >= 4 is 23.2 Å². The molecule has 2 atom stereocenters. The van der Waals surface area contributed by atoms with Crippen molar-refractivity contribution in [2.75, 3.05) is 5.32 Å². The highest BCUT2D eigenvalue weighted by molar-refractivity contribution is 6.30. The summed E-state index contributed by atoms with van der Waals surface area (Å²) >= 11 is 5.92. The van der Waals surface area contributed by atoms with Gasteiger partial charge in [-0.15, -0.1) is 0 Å². The minimum Gasteiger partial charge on any atom is -0.323 e. The van der Waals surface area contributed by atoms with Crippen molar-refractivity contribution in [2.45, 2.75) is 46.1 Å². The first-order valence-electron chi connectivity index (χ1n) is 8.00. The molecule has 122 valence electrons. The Morgan fingerprint density at radius 2 is 1.96 bits per heavy atom. The van der Waals surface area contributed by atoms with Gasteiger partial charge in [0.25, 0.3) is 0 Å². The Labute approximate surface area is 141 Å². The van der Waals surface area contributed by atoms with Crippen molar-refractivity contribution in [3.63, 3.8) is 0 Å². The van der Waals surface area contributed by atoms with Gasteiger partial charge < -0.3 is 5.32 Å². The number of halogens is 1. The fraction of sp³-hybridized carbons (Fsp3) is 0.444. The minimum atomic E-state index is 0.0392. The molecule has 23 heavy (non-hydrogen) atoms. The van der Waals surface area contributed by atoms with E-state index in [0.717, 1.165) is 28.5 Å². The van der Waals surface area contributed by atoms with Crippen molar-refractivity contribution < 1.29 is 4.79 Å². The predicted octanol–water partition coefficient (Wildman–Crippen LogP) is 4.48. The van der Waals surface area contributed by atoms with Gasteiger partial charge in [0.05, 0.1) is 17.1 Å². The molecular weight excluding hydrogens is 310 g/mol. The summed E-state index contributed by atoms with van der Waals surface area (Å²) in [6.45, 7) is 8.11. The van der Waals surface area contributed by atoms with Gasteiger partial charge in [-0.1, -0.05) is 23.7 Å². The highest BCUT2D eigenvalue weighted by atomic mass is 35.5. The molecule has 4 nitrogen and oxygen atoms in total. The van der Waals surface area contributed by atoms with Crippen LogP contribution in [-0.4, -0.2) is 15.7 Å². The van der Waals surface area contributed by atoms with Crippen LogP contribution in [0.3, 0.4) is 0 Å². The summed E-state index contributed by atoms with van der Waals surface area (Å²) in [6.07, 6.45) is 0.893. The van der Waals surface area contributed by atoms with Crippen LogP contribution in [0, 0.1) is 19.8 Å². The Bertz CT molecular complexity index is 733. The van der Waals surface area contributed by atoms with Crippen molar-refractivity contribution in [1.29, 1.82) is 0 Å². The molecule has 2 aromatic rings. The monoisotopic (exact) mass is 331 g/mol. The summed E-state index contributed by atoms with van der Waals surface area (Å²) < 4.78 is 1.95. The summed E-state index contributed by atoms with van der Waals surface area (Å²) in [5.74, 6) is 0.421. The lowest BCUT2D eigenvalue weighted by Crippen LogP contribution is -2.16. The number of hydrogen-bond acceptors (Lipinski definition) is 2. The number of anilines is 1. The van der Waals surface area contributed by atoms with Crippen LogP contribution >= 0.6 is 11.6 Å². The number of hydrogen-bond donors (Lipinski definition) is 1. The summed E-state index contributed by atoms with van der Waals surface area (Å²) in [5, 5.41) is 8.32. The van der Waals surface area contributed by atoms with E-state index in [1.165, 1.54) is 5.56 Å². The Morgan fingerprint density at radius 1 is 1.30 bits per heavy atom. The quantitative estimate of drug-likeness (QED) is 0.898. The third-order valence-electron chi connectivity index (χ3n) is 4.49. The maximum Gasteiger partial charge on any atom is 0.228 e. The number of nitrogens with zero attached hydrogens (tertiary/aromatic N) is 2. The number of amides is 1. The third kappa shape index (κ3) is 3.13. The molecule has 1 amide bonds. The molecule has 1 N–H and O–H groups in total. The molecule has 3 rings (SSSR count). The van der Waals surface area contributed by atoms with Gasteiger partial charge >= 0.3 is 0 Å². The second-order valence-electron chi connectivity index (χ2n) is 6.57. The molecule has 1 aliphatic carbocycles. The van der Waals surface area contributed by atoms with Crippen LogP contribution in [-0.2, 0) is 4.79 Å². The Hall–Kier alpha value is -1.81. The molecule has 0 saturated heterocycles. The molecule has 0 aliphatic heterocycles. The van der Waals surface area contributed by atoms with Crippen molar-refractivity contribution in [1.82, 2.24) is 9.78 Å².